The zero-order valence-corrected chi connectivity index (χ0v) is 14.6. The molecule has 1 saturated carbocycles. The van der Waals surface area contributed by atoms with Crippen molar-refractivity contribution in [2.75, 3.05) is 26.2 Å². The van der Waals surface area contributed by atoms with E-state index in [1.165, 1.54) is 0 Å². The van der Waals surface area contributed by atoms with Crippen LogP contribution in [0.3, 0.4) is 0 Å². The first-order chi connectivity index (χ1) is 12.7. The highest BCUT2D eigenvalue weighted by molar-refractivity contribution is 5.97. The number of amides is 2. The van der Waals surface area contributed by atoms with Crippen LogP contribution in [-0.4, -0.2) is 47.8 Å². The molecule has 2 aliphatic rings. The SMILES string of the molecule is O=C(c1ccccc1Oc1ccccc1)N1CCN(C(=O)C2CC2)CC1. The van der Waals surface area contributed by atoms with Crippen LogP contribution in [0, 0.1) is 5.92 Å². The average molecular weight is 350 g/mol. The van der Waals surface area contributed by atoms with Gasteiger partial charge in [0.25, 0.3) is 5.91 Å². The molecule has 26 heavy (non-hydrogen) atoms. The van der Waals surface area contributed by atoms with Crippen molar-refractivity contribution in [2.24, 2.45) is 5.92 Å². The number of hydrogen-bond acceptors (Lipinski definition) is 3. The maximum atomic E-state index is 13.0. The van der Waals surface area contributed by atoms with Crippen LogP contribution >= 0.6 is 0 Å². The normalized spacial score (nSPS) is 17.1. The standard InChI is InChI=1S/C21H22N2O3/c24-20(16-10-11-16)22-12-14-23(15-13-22)21(25)18-8-4-5-9-19(18)26-17-6-2-1-3-7-17/h1-9,16H,10-15H2. The van der Waals surface area contributed by atoms with E-state index in [0.717, 1.165) is 12.8 Å². The molecule has 134 valence electrons. The summed E-state index contributed by atoms with van der Waals surface area (Å²) in [7, 11) is 0. The number of para-hydroxylation sites is 2. The third-order valence-corrected chi connectivity index (χ3v) is 4.89. The van der Waals surface area contributed by atoms with Crippen molar-refractivity contribution in [1.29, 1.82) is 0 Å². The van der Waals surface area contributed by atoms with Crippen LogP contribution in [0.25, 0.3) is 0 Å². The van der Waals surface area contributed by atoms with E-state index < -0.39 is 0 Å². The first-order valence-corrected chi connectivity index (χ1v) is 9.12. The van der Waals surface area contributed by atoms with Crippen molar-refractivity contribution in [3.63, 3.8) is 0 Å². The Morgan fingerprint density at radius 1 is 0.808 bits per heavy atom. The lowest BCUT2D eigenvalue weighted by molar-refractivity contribution is -0.134. The maximum Gasteiger partial charge on any atom is 0.257 e. The Balaban J connectivity index is 1.44. The summed E-state index contributed by atoms with van der Waals surface area (Å²) in [5.41, 5.74) is 0.554. The zero-order valence-electron chi connectivity index (χ0n) is 14.6. The fraction of sp³-hybridized carbons (Fsp3) is 0.333. The largest absolute Gasteiger partial charge is 0.457 e. The Kier molecular flexibility index (Phi) is 4.61. The minimum Gasteiger partial charge on any atom is -0.457 e. The Hall–Kier alpha value is -2.82. The van der Waals surface area contributed by atoms with Gasteiger partial charge in [0.15, 0.2) is 0 Å². The third-order valence-electron chi connectivity index (χ3n) is 4.89. The summed E-state index contributed by atoms with van der Waals surface area (Å²) in [5, 5.41) is 0. The summed E-state index contributed by atoms with van der Waals surface area (Å²) in [6.45, 7) is 2.36. The molecule has 0 spiro atoms. The Morgan fingerprint density at radius 3 is 2.12 bits per heavy atom. The highest BCUT2D eigenvalue weighted by Gasteiger charge is 2.35. The number of carbonyl (C=O) groups is 2. The third kappa shape index (κ3) is 3.57. The van der Waals surface area contributed by atoms with Crippen LogP contribution < -0.4 is 4.74 Å². The van der Waals surface area contributed by atoms with E-state index in [9.17, 15) is 9.59 Å². The molecule has 0 N–H and O–H groups in total. The summed E-state index contributed by atoms with van der Waals surface area (Å²) in [6, 6.07) is 16.8. The van der Waals surface area contributed by atoms with Crippen molar-refractivity contribution < 1.29 is 14.3 Å². The lowest BCUT2D eigenvalue weighted by Gasteiger charge is -2.35. The van der Waals surface area contributed by atoms with E-state index in [0.29, 0.717) is 43.2 Å². The summed E-state index contributed by atoms with van der Waals surface area (Å²) in [4.78, 5) is 28.8. The van der Waals surface area contributed by atoms with E-state index in [-0.39, 0.29) is 17.7 Å². The van der Waals surface area contributed by atoms with Crippen molar-refractivity contribution in [3.8, 4) is 11.5 Å². The van der Waals surface area contributed by atoms with E-state index >= 15 is 0 Å². The van der Waals surface area contributed by atoms with E-state index in [1.807, 2.05) is 58.3 Å². The first-order valence-electron chi connectivity index (χ1n) is 9.12. The second-order valence-corrected chi connectivity index (χ2v) is 6.80. The van der Waals surface area contributed by atoms with Crippen molar-refractivity contribution >= 4 is 11.8 Å². The highest BCUT2D eigenvalue weighted by Crippen LogP contribution is 2.31. The molecule has 1 saturated heterocycles. The summed E-state index contributed by atoms with van der Waals surface area (Å²) >= 11 is 0. The lowest BCUT2D eigenvalue weighted by atomic mass is 10.1. The monoisotopic (exact) mass is 350 g/mol. The fourth-order valence-corrected chi connectivity index (χ4v) is 3.24. The molecular formula is C21H22N2O3. The smallest absolute Gasteiger partial charge is 0.257 e. The molecule has 0 aromatic heterocycles. The first kappa shape index (κ1) is 16.6. The van der Waals surface area contributed by atoms with Gasteiger partial charge in [-0.1, -0.05) is 30.3 Å². The number of rotatable bonds is 4. The van der Waals surface area contributed by atoms with Gasteiger partial charge in [-0.15, -0.1) is 0 Å². The Labute approximate surface area is 153 Å². The molecule has 0 bridgehead atoms. The van der Waals surface area contributed by atoms with Gasteiger partial charge in [0.2, 0.25) is 5.91 Å². The molecule has 5 heteroatoms. The molecule has 2 amide bonds. The average Bonchev–Trinajstić information content (AvgIpc) is 3.54. The summed E-state index contributed by atoms with van der Waals surface area (Å²) in [6.07, 6.45) is 2.03. The predicted octanol–water partition coefficient (Wildman–Crippen LogP) is 3.17. The van der Waals surface area contributed by atoms with Crippen LogP contribution in [0.2, 0.25) is 0 Å². The topological polar surface area (TPSA) is 49.9 Å². The molecule has 0 unspecified atom stereocenters. The van der Waals surface area contributed by atoms with Crippen LogP contribution in [0.15, 0.2) is 54.6 Å². The van der Waals surface area contributed by atoms with Crippen LogP contribution in [-0.2, 0) is 4.79 Å². The number of hydrogen-bond donors (Lipinski definition) is 0. The zero-order chi connectivity index (χ0) is 17.9. The minimum absolute atomic E-state index is 0.0462. The number of piperazine rings is 1. The minimum atomic E-state index is -0.0462. The van der Waals surface area contributed by atoms with Gasteiger partial charge in [0.05, 0.1) is 5.56 Å². The van der Waals surface area contributed by atoms with Crippen LogP contribution in [0.1, 0.15) is 23.2 Å². The molecule has 5 nitrogen and oxygen atoms in total. The number of benzene rings is 2. The van der Waals surface area contributed by atoms with E-state index in [4.69, 9.17) is 4.74 Å². The molecule has 0 radical (unpaired) electrons. The van der Waals surface area contributed by atoms with Crippen molar-refractivity contribution in [1.82, 2.24) is 9.80 Å². The highest BCUT2D eigenvalue weighted by atomic mass is 16.5. The number of ether oxygens (including phenoxy) is 1. The van der Waals surface area contributed by atoms with Gasteiger partial charge in [-0.05, 0) is 37.1 Å². The van der Waals surface area contributed by atoms with Gasteiger partial charge >= 0.3 is 0 Å². The second-order valence-electron chi connectivity index (χ2n) is 6.80. The quantitative estimate of drug-likeness (QED) is 0.851. The molecule has 1 aliphatic heterocycles. The van der Waals surface area contributed by atoms with Gasteiger partial charge in [-0.3, -0.25) is 9.59 Å². The molecule has 0 atom stereocenters. The molecule has 4 rings (SSSR count). The lowest BCUT2D eigenvalue weighted by Crippen LogP contribution is -2.51. The molecule has 1 heterocycles. The molecule has 2 aromatic rings. The van der Waals surface area contributed by atoms with Gasteiger partial charge in [0, 0.05) is 32.1 Å². The van der Waals surface area contributed by atoms with Crippen LogP contribution in [0.4, 0.5) is 0 Å². The predicted molar refractivity (Wildman–Crippen MR) is 98.2 cm³/mol. The van der Waals surface area contributed by atoms with Crippen LogP contribution in [0.5, 0.6) is 11.5 Å². The summed E-state index contributed by atoms with van der Waals surface area (Å²) in [5.74, 6) is 1.70. The van der Waals surface area contributed by atoms with Gasteiger partial charge in [-0.2, -0.15) is 0 Å². The molecular weight excluding hydrogens is 328 g/mol. The van der Waals surface area contributed by atoms with E-state index in [2.05, 4.69) is 0 Å². The molecule has 1 aliphatic carbocycles. The second kappa shape index (κ2) is 7.20. The van der Waals surface area contributed by atoms with Crippen molar-refractivity contribution in [3.05, 3.63) is 60.2 Å². The van der Waals surface area contributed by atoms with Gasteiger partial charge < -0.3 is 14.5 Å². The van der Waals surface area contributed by atoms with E-state index in [1.54, 1.807) is 6.07 Å². The molecule has 2 fully saturated rings. The molecule has 2 aromatic carbocycles. The fourth-order valence-electron chi connectivity index (χ4n) is 3.24. The number of carbonyl (C=O) groups excluding carboxylic acids is 2. The van der Waals surface area contributed by atoms with Gasteiger partial charge in [0.1, 0.15) is 11.5 Å². The van der Waals surface area contributed by atoms with Crippen molar-refractivity contribution in [2.45, 2.75) is 12.8 Å². The Bertz CT molecular complexity index is 794. The number of nitrogens with zero attached hydrogens (tertiary/aromatic N) is 2. The Morgan fingerprint density at radius 2 is 1.42 bits per heavy atom. The maximum absolute atomic E-state index is 13.0. The summed E-state index contributed by atoms with van der Waals surface area (Å²) < 4.78 is 5.91. The van der Waals surface area contributed by atoms with Gasteiger partial charge in [-0.25, -0.2) is 0 Å².